The lowest BCUT2D eigenvalue weighted by molar-refractivity contribution is 0.0662. The summed E-state index contributed by atoms with van der Waals surface area (Å²) in [6, 6.07) is 6.13. The van der Waals surface area contributed by atoms with Crippen LogP contribution in [0.4, 0.5) is 5.69 Å². The van der Waals surface area contributed by atoms with Gasteiger partial charge in [0.1, 0.15) is 0 Å². The normalized spacial score (nSPS) is 16.7. The summed E-state index contributed by atoms with van der Waals surface area (Å²) in [4.78, 5) is 0. The zero-order valence-corrected chi connectivity index (χ0v) is 10.9. The first kappa shape index (κ1) is 12.1. The molecule has 0 saturated carbocycles. The number of nitrogens with two attached hydrogens (primary N) is 1. The molecular weight excluding hydrogens is 242 g/mol. The molecule has 1 saturated heterocycles. The average molecular weight is 259 g/mol. The quantitative estimate of drug-likeness (QED) is 0.828. The molecule has 1 aliphatic rings. The molecule has 6 nitrogen and oxygen atoms in total. The molecule has 2 N–H and O–H groups in total. The molecule has 0 atom stereocenters. The first-order valence-corrected chi connectivity index (χ1v) is 6.48. The van der Waals surface area contributed by atoms with Crippen LogP contribution in [0.25, 0.3) is 11.4 Å². The lowest BCUT2D eigenvalue weighted by atomic mass is 10.0. The van der Waals surface area contributed by atoms with Crippen LogP contribution < -0.4 is 5.73 Å². The topological polar surface area (TPSA) is 78.9 Å². The Hall–Kier alpha value is -1.95. The van der Waals surface area contributed by atoms with Gasteiger partial charge in [-0.1, -0.05) is 12.1 Å². The number of tetrazole rings is 1. The van der Waals surface area contributed by atoms with Crippen LogP contribution in [0, 0.1) is 6.92 Å². The molecule has 1 aromatic heterocycles. The highest BCUT2D eigenvalue weighted by molar-refractivity contribution is 5.67. The highest BCUT2D eigenvalue weighted by Crippen LogP contribution is 2.29. The van der Waals surface area contributed by atoms with Crippen molar-refractivity contribution in [3.63, 3.8) is 0 Å². The van der Waals surface area contributed by atoms with Crippen molar-refractivity contribution in [3.8, 4) is 11.4 Å². The van der Waals surface area contributed by atoms with E-state index in [1.165, 1.54) is 0 Å². The zero-order chi connectivity index (χ0) is 13.2. The summed E-state index contributed by atoms with van der Waals surface area (Å²) in [5, 5.41) is 12.1. The number of nitrogen functional groups attached to an aromatic ring is 1. The molecular formula is C13H17N5O. The summed E-state index contributed by atoms with van der Waals surface area (Å²) in [6.07, 6.45) is 1.89. The summed E-state index contributed by atoms with van der Waals surface area (Å²) < 4.78 is 7.29. The first-order chi connectivity index (χ1) is 9.27. The van der Waals surface area contributed by atoms with E-state index in [1.54, 1.807) is 0 Å². The molecule has 2 aromatic rings. The monoisotopic (exact) mass is 259 g/mol. The van der Waals surface area contributed by atoms with E-state index < -0.39 is 0 Å². The minimum atomic E-state index is 0.305. The van der Waals surface area contributed by atoms with E-state index in [1.807, 2.05) is 29.8 Å². The van der Waals surface area contributed by atoms with Crippen molar-refractivity contribution in [2.75, 3.05) is 18.9 Å². The molecule has 0 bridgehead atoms. The van der Waals surface area contributed by atoms with Gasteiger partial charge in [0.15, 0.2) is 5.82 Å². The molecule has 6 heteroatoms. The number of aromatic nitrogens is 4. The second-order valence-electron chi connectivity index (χ2n) is 4.81. The Balaban J connectivity index is 2.01. The lowest BCUT2D eigenvalue weighted by Gasteiger charge is -2.23. The van der Waals surface area contributed by atoms with Crippen molar-refractivity contribution in [2.45, 2.75) is 25.8 Å². The maximum absolute atomic E-state index is 5.96. The molecule has 0 aliphatic carbocycles. The molecule has 1 aromatic carbocycles. The predicted molar refractivity (Wildman–Crippen MR) is 71.5 cm³/mol. The van der Waals surface area contributed by atoms with Gasteiger partial charge < -0.3 is 10.5 Å². The Labute approximate surface area is 111 Å². The number of ether oxygens (including phenoxy) is 1. The molecule has 19 heavy (non-hydrogen) atoms. The Morgan fingerprint density at radius 2 is 2.11 bits per heavy atom. The third-order valence-corrected chi connectivity index (χ3v) is 3.65. The van der Waals surface area contributed by atoms with Crippen LogP contribution in [0.5, 0.6) is 0 Å². The number of anilines is 1. The molecule has 2 heterocycles. The van der Waals surface area contributed by atoms with Gasteiger partial charge >= 0.3 is 0 Å². The minimum absolute atomic E-state index is 0.305. The fraction of sp³-hybridized carbons (Fsp3) is 0.462. The fourth-order valence-electron chi connectivity index (χ4n) is 2.44. The van der Waals surface area contributed by atoms with E-state index in [-0.39, 0.29) is 0 Å². The van der Waals surface area contributed by atoms with Gasteiger partial charge in [0.2, 0.25) is 0 Å². The first-order valence-electron chi connectivity index (χ1n) is 6.48. The largest absolute Gasteiger partial charge is 0.398 e. The minimum Gasteiger partial charge on any atom is -0.398 e. The summed E-state index contributed by atoms with van der Waals surface area (Å²) in [5.41, 5.74) is 8.74. The molecule has 100 valence electrons. The summed E-state index contributed by atoms with van der Waals surface area (Å²) in [6.45, 7) is 3.52. The highest BCUT2D eigenvalue weighted by atomic mass is 16.5. The Morgan fingerprint density at radius 3 is 2.89 bits per heavy atom. The zero-order valence-electron chi connectivity index (χ0n) is 10.9. The Bertz CT molecular complexity index is 574. The fourth-order valence-corrected chi connectivity index (χ4v) is 2.44. The Morgan fingerprint density at radius 1 is 1.32 bits per heavy atom. The van der Waals surface area contributed by atoms with Gasteiger partial charge in [-0.3, -0.25) is 0 Å². The predicted octanol–water partition coefficient (Wildman–Crippen LogP) is 1.58. The van der Waals surface area contributed by atoms with E-state index in [0.29, 0.717) is 6.04 Å². The standard InChI is InChI=1S/C13H17N5O/c1-9-11(3-2-4-12(9)14)13-15-16-17-18(13)10-5-7-19-8-6-10/h2-4,10H,5-8,14H2,1H3. The highest BCUT2D eigenvalue weighted by Gasteiger charge is 2.22. The molecule has 0 amide bonds. The molecule has 0 unspecified atom stereocenters. The number of nitrogens with zero attached hydrogens (tertiary/aromatic N) is 4. The molecule has 0 spiro atoms. The smallest absolute Gasteiger partial charge is 0.182 e. The van der Waals surface area contributed by atoms with Crippen molar-refractivity contribution in [3.05, 3.63) is 23.8 Å². The third kappa shape index (κ3) is 2.19. The van der Waals surface area contributed by atoms with Crippen molar-refractivity contribution in [2.24, 2.45) is 0 Å². The van der Waals surface area contributed by atoms with Crippen LogP contribution in [0.3, 0.4) is 0 Å². The summed E-state index contributed by atoms with van der Waals surface area (Å²) in [5.74, 6) is 0.789. The van der Waals surface area contributed by atoms with E-state index >= 15 is 0 Å². The Kier molecular flexibility index (Phi) is 3.16. The average Bonchev–Trinajstić information content (AvgIpc) is 2.92. The van der Waals surface area contributed by atoms with Crippen molar-refractivity contribution >= 4 is 5.69 Å². The van der Waals surface area contributed by atoms with Crippen molar-refractivity contribution in [1.29, 1.82) is 0 Å². The van der Waals surface area contributed by atoms with Gasteiger partial charge in [0, 0.05) is 24.5 Å². The van der Waals surface area contributed by atoms with Crippen LogP contribution in [0.15, 0.2) is 18.2 Å². The van der Waals surface area contributed by atoms with Crippen LogP contribution >= 0.6 is 0 Å². The van der Waals surface area contributed by atoms with Crippen molar-refractivity contribution in [1.82, 2.24) is 20.2 Å². The number of benzene rings is 1. The molecule has 0 radical (unpaired) electrons. The lowest BCUT2D eigenvalue weighted by Crippen LogP contribution is -2.21. The van der Waals surface area contributed by atoms with Gasteiger partial charge in [-0.05, 0) is 41.8 Å². The second kappa shape index (κ2) is 4.97. The van der Waals surface area contributed by atoms with Crippen LogP contribution in [0.2, 0.25) is 0 Å². The number of rotatable bonds is 2. The van der Waals surface area contributed by atoms with Gasteiger partial charge in [0.25, 0.3) is 0 Å². The van der Waals surface area contributed by atoms with Gasteiger partial charge in [0.05, 0.1) is 6.04 Å². The van der Waals surface area contributed by atoms with E-state index in [9.17, 15) is 0 Å². The van der Waals surface area contributed by atoms with Gasteiger partial charge in [-0.2, -0.15) is 0 Å². The van der Waals surface area contributed by atoms with Crippen LogP contribution in [-0.2, 0) is 4.74 Å². The molecule has 1 fully saturated rings. The second-order valence-corrected chi connectivity index (χ2v) is 4.81. The SMILES string of the molecule is Cc1c(N)cccc1-c1nnnn1C1CCOCC1. The number of hydrogen-bond acceptors (Lipinski definition) is 5. The molecule has 1 aliphatic heterocycles. The van der Waals surface area contributed by atoms with Gasteiger partial charge in [-0.25, -0.2) is 4.68 Å². The van der Waals surface area contributed by atoms with E-state index in [4.69, 9.17) is 10.5 Å². The maximum Gasteiger partial charge on any atom is 0.182 e. The summed E-state index contributed by atoms with van der Waals surface area (Å²) in [7, 11) is 0. The van der Waals surface area contributed by atoms with E-state index in [2.05, 4.69) is 15.5 Å². The van der Waals surface area contributed by atoms with E-state index in [0.717, 1.165) is 48.7 Å². The van der Waals surface area contributed by atoms with Gasteiger partial charge in [-0.15, -0.1) is 5.10 Å². The summed E-state index contributed by atoms with van der Waals surface area (Å²) >= 11 is 0. The van der Waals surface area contributed by atoms with Crippen LogP contribution in [0.1, 0.15) is 24.4 Å². The molecule has 3 rings (SSSR count). The number of hydrogen-bond donors (Lipinski definition) is 1. The van der Waals surface area contributed by atoms with Crippen LogP contribution in [-0.4, -0.2) is 33.4 Å². The maximum atomic E-state index is 5.96. The van der Waals surface area contributed by atoms with Crippen molar-refractivity contribution < 1.29 is 4.74 Å². The third-order valence-electron chi connectivity index (χ3n) is 3.65.